The van der Waals surface area contributed by atoms with E-state index in [1.54, 1.807) is 0 Å². The van der Waals surface area contributed by atoms with Gasteiger partial charge in [-0.25, -0.2) is 0 Å². The van der Waals surface area contributed by atoms with E-state index in [2.05, 4.69) is 27.7 Å². The Bertz CT molecular complexity index is 96.2. The molecule has 0 saturated carbocycles. The topological polar surface area (TPSA) is 26.0 Å². The fraction of sp³-hybridized carbons (Fsp3) is 1.00. The van der Waals surface area contributed by atoms with Gasteiger partial charge in [0.1, 0.15) is 0 Å². The highest BCUT2D eigenvalue weighted by molar-refractivity contribution is 8.00. The van der Waals surface area contributed by atoms with Crippen LogP contribution in [0.2, 0.25) is 0 Å². The molecule has 0 aliphatic rings. The van der Waals surface area contributed by atoms with Gasteiger partial charge in [-0.3, -0.25) is 0 Å². The molecule has 1 unspecified atom stereocenters. The average molecular weight is 175 g/mol. The van der Waals surface area contributed by atoms with Crippen LogP contribution in [-0.2, 0) is 0 Å². The molecule has 0 saturated heterocycles. The van der Waals surface area contributed by atoms with E-state index in [0.29, 0.717) is 10.8 Å². The number of hydrogen-bond donors (Lipinski definition) is 1. The lowest BCUT2D eigenvalue weighted by Crippen LogP contribution is -2.25. The van der Waals surface area contributed by atoms with E-state index in [0.717, 1.165) is 12.2 Å². The second-order valence-electron chi connectivity index (χ2n) is 3.97. The van der Waals surface area contributed by atoms with Crippen LogP contribution in [-0.4, -0.2) is 16.5 Å². The van der Waals surface area contributed by atoms with Gasteiger partial charge in [0.15, 0.2) is 0 Å². The quantitative estimate of drug-likeness (QED) is 0.711. The maximum atomic E-state index is 5.87. The first-order valence-corrected chi connectivity index (χ1v) is 5.34. The summed E-state index contributed by atoms with van der Waals surface area (Å²) < 4.78 is 0.366. The monoisotopic (exact) mass is 175 g/mol. The lowest BCUT2D eigenvalue weighted by Gasteiger charge is -2.20. The van der Waals surface area contributed by atoms with Gasteiger partial charge in [0.2, 0.25) is 0 Å². The first-order chi connectivity index (χ1) is 4.95. The Morgan fingerprint density at radius 2 is 1.91 bits per heavy atom. The van der Waals surface area contributed by atoms with Gasteiger partial charge in [0.25, 0.3) is 0 Å². The standard InChI is InChI=1S/C9H21NS/c1-5-6-8(10)7-11-9(2,3)4/h8H,5-7,10H2,1-4H3. The fourth-order valence-electron chi connectivity index (χ4n) is 0.811. The summed E-state index contributed by atoms with van der Waals surface area (Å²) in [7, 11) is 0. The molecule has 2 heteroatoms. The molecule has 0 heterocycles. The summed E-state index contributed by atoms with van der Waals surface area (Å²) in [5.41, 5.74) is 5.87. The maximum absolute atomic E-state index is 5.87. The van der Waals surface area contributed by atoms with Gasteiger partial charge in [-0.05, 0) is 6.42 Å². The third kappa shape index (κ3) is 8.21. The van der Waals surface area contributed by atoms with Crippen molar-refractivity contribution in [2.75, 3.05) is 5.75 Å². The average Bonchev–Trinajstić information content (AvgIpc) is 1.83. The molecule has 2 N–H and O–H groups in total. The number of thioether (sulfide) groups is 1. The lowest BCUT2D eigenvalue weighted by atomic mass is 10.2. The molecular weight excluding hydrogens is 154 g/mol. The predicted molar refractivity (Wildman–Crippen MR) is 55.1 cm³/mol. The van der Waals surface area contributed by atoms with Crippen molar-refractivity contribution >= 4 is 11.8 Å². The summed E-state index contributed by atoms with van der Waals surface area (Å²) in [5.74, 6) is 1.09. The molecule has 0 aromatic heterocycles. The Morgan fingerprint density at radius 1 is 1.36 bits per heavy atom. The second-order valence-corrected chi connectivity index (χ2v) is 5.82. The minimum atomic E-state index is 0.366. The van der Waals surface area contributed by atoms with Crippen LogP contribution in [0.3, 0.4) is 0 Å². The number of hydrogen-bond acceptors (Lipinski definition) is 2. The minimum Gasteiger partial charge on any atom is -0.327 e. The van der Waals surface area contributed by atoms with Gasteiger partial charge in [-0.15, -0.1) is 0 Å². The van der Waals surface area contributed by atoms with Gasteiger partial charge in [0, 0.05) is 16.5 Å². The molecule has 0 spiro atoms. The minimum absolute atomic E-state index is 0.366. The third-order valence-electron chi connectivity index (χ3n) is 1.39. The lowest BCUT2D eigenvalue weighted by molar-refractivity contribution is 0.656. The van der Waals surface area contributed by atoms with Crippen molar-refractivity contribution in [3.05, 3.63) is 0 Å². The van der Waals surface area contributed by atoms with Crippen molar-refractivity contribution in [3.63, 3.8) is 0 Å². The van der Waals surface area contributed by atoms with Gasteiger partial charge in [-0.1, -0.05) is 34.1 Å². The molecular formula is C9H21NS. The van der Waals surface area contributed by atoms with Gasteiger partial charge < -0.3 is 5.73 Å². The van der Waals surface area contributed by atoms with Crippen LogP contribution in [0.1, 0.15) is 40.5 Å². The normalized spacial score (nSPS) is 15.0. The molecule has 0 radical (unpaired) electrons. The van der Waals surface area contributed by atoms with Crippen molar-refractivity contribution in [1.82, 2.24) is 0 Å². The Balaban J connectivity index is 3.38. The SMILES string of the molecule is CCCC(N)CSC(C)(C)C. The Morgan fingerprint density at radius 3 is 2.27 bits per heavy atom. The smallest absolute Gasteiger partial charge is 0.0130 e. The summed E-state index contributed by atoms with van der Waals surface area (Å²) >= 11 is 1.96. The van der Waals surface area contributed by atoms with E-state index in [-0.39, 0.29) is 0 Å². The molecule has 0 rings (SSSR count). The van der Waals surface area contributed by atoms with Crippen LogP contribution >= 0.6 is 11.8 Å². The molecule has 0 aromatic carbocycles. The molecule has 68 valence electrons. The molecule has 0 aromatic rings. The van der Waals surface area contributed by atoms with Gasteiger partial charge in [-0.2, -0.15) is 11.8 Å². The molecule has 0 aliphatic heterocycles. The molecule has 0 fully saturated rings. The Labute approximate surface area is 75.1 Å². The van der Waals surface area contributed by atoms with Crippen LogP contribution in [0.5, 0.6) is 0 Å². The van der Waals surface area contributed by atoms with Crippen molar-refractivity contribution < 1.29 is 0 Å². The molecule has 0 bridgehead atoms. The molecule has 11 heavy (non-hydrogen) atoms. The van der Waals surface area contributed by atoms with Crippen LogP contribution in [0.4, 0.5) is 0 Å². The summed E-state index contributed by atoms with van der Waals surface area (Å²) in [6.45, 7) is 8.88. The highest BCUT2D eigenvalue weighted by Crippen LogP contribution is 2.23. The second kappa shape index (κ2) is 5.04. The molecule has 0 amide bonds. The van der Waals surface area contributed by atoms with E-state index in [4.69, 9.17) is 5.73 Å². The first kappa shape index (κ1) is 11.3. The molecule has 1 atom stereocenters. The van der Waals surface area contributed by atoms with Crippen LogP contribution < -0.4 is 5.73 Å². The maximum Gasteiger partial charge on any atom is 0.0130 e. The molecule has 0 aliphatic carbocycles. The van der Waals surface area contributed by atoms with Crippen molar-refractivity contribution in [3.8, 4) is 0 Å². The number of nitrogens with two attached hydrogens (primary N) is 1. The largest absolute Gasteiger partial charge is 0.327 e. The van der Waals surface area contributed by atoms with Crippen molar-refractivity contribution in [2.45, 2.75) is 51.3 Å². The van der Waals surface area contributed by atoms with Crippen molar-refractivity contribution in [1.29, 1.82) is 0 Å². The van der Waals surface area contributed by atoms with E-state index in [1.807, 2.05) is 11.8 Å². The third-order valence-corrected chi connectivity index (χ3v) is 2.85. The summed E-state index contributed by atoms with van der Waals surface area (Å²) in [6.07, 6.45) is 2.36. The van der Waals surface area contributed by atoms with E-state index in [9.17, 15) is 0 Å². The van der Waals surface area contributed by atoms with Crippen LogP contribution in [0, 0.1) is 0 Å². The summed E-state index contributed by atoms with van der Waals surface area (Å²) in [4.78, 5) is 0. The summed E-state index contributed by atoms with van der Waals surface area (Å²) in [6, 6.07) is 0.393. The van der Waals surface area contributed by atoms with Gasteiger partial charge in [0.05, 0.1) is 0 Å². The van der Waals surface area contributed by atoms with Crippen LogP contribution in [0.25, 0.3) is 0 Å². The zero-order valence-electron chi connectivity index (χ0n) is 8.18. The van der Waals surface area contributed by atoms with Crippen LogP contribution in [0.15, 0.2) is 0 Å². The van der Waals surface area contributed by atoms with E-state index < -0.39 is 0 Å². The summed E-state index contributed by atoms with van der Waals surface area (Å²) in [5, 5.41) is 0. The fourth-order valence-corrected chi connectivity index (χ4v) is 1.69. The first-order valence-electron chi connectivity index (χ1n) is 4.35. The van der Waals surface area contributed by atoms with Crippen molar-refractivity contribution in [2.24, 2.45) is 5.73 Å². The highest BCUT2D eigenvalue weighted by Gasteiger charge is 2.12. The van der Waals surface area contributed by atoms with Gasteiger partial charge >= 0.3 is 0 Å². The Kier molecular flexibility index (Phi) is 5.19. The highest BCUT2D eigenvalue weighted by atomic mass is 32.2. The zero-order valence-corrected chi connectivity index (χ0v) is 9.00. The molecule has 1 nitrogen and oxygen atoms in total. The Hall–Kier alpha value is 0.310. The number of rotatable bonds is 4. The van der Waals surface area contributed by atoms with E-state index >= 15 is 0 Å². The predicted octanol–water partition coefficient (Wildman–Crippen LogP) is 2.65. The van der Waals surface area contributed by atoms with E-state index in [1.165, 1.54) is 6.42 Å². The zero-order chi connectivity index (χ0) is 8.91.